The molecule has 0 N–H and O–H groups in total. The lowest BCUT2D eigenvalue weighted by atomic mass is 10.2. The summed E-state index contributed by atoms with van der Waals surface area (Å²) < 4.78 is 0.988. The van der Waals surface area contributed by atoms with Gasteiger partial charge in [-0.05, 0) is 12.8 Å². The van der Waals surface area contributed by atoms with Crippen LogP contribution in [-0.2, 0) is 0 Å². The Morgan fingerprint density at radius 2 is 1.64 bits per heavy atom. The molecule has 2 nitrogen and oxygen atoms in total. The van der Waals surface area contributed by atoms with Crippen molar-refractivity contribution in [1.29, 1.82) is 0 Å². The molecule has 0 radical (unpaired) electrons. The van der Waals surface area contributed by atoms with E-state index in [1.807, 2.05) is 6.20 Å². The van der Waals surface area contributed by atoms with Crippen LogP contribution in [-0.4, -0.2) is 23.9 Å². The molecule has 0 aromatic carbocycles. The van der Waals surface area contributed by atoms with E-state index in [0.717, 1.165) is 4.48 Å². The Morgan fingerprint density at radius 1 is 1.07 bits per heavy atom. The van der Waals surface area contributed by atoms with E-state index in [2.05, 4.69) is 31.4 Å². The van der Waals surface area contributed by atoms with E-state index in [0.29, 0.717) is 0 Å². The Balaban J connectivity index is 0.00000169. The highest BCUT2D eigenvalue weighted by Gasteiger charge is 2.23. The summed E-state index contributed by atoms with van der Waals surface area (Å²) in [6.45, 7) is 6.92. The average Bonchev–Trinajstić information content (AvgIpc) is 2.61. The number of unbranched alkanes of at least 4 members (excludes halogenated alkanes) is 2. The van der Waals surface area contributed by atoms with E-state index in [4.69, 9.17) is 0 Å². The molecule has 82 valence electrons. The third-order valence-electron chi connectivity index (χ3n) is 2.60. The molecule has 0 spiro atoms. The van der Waals surface area contributed by atoms with Gasteiger partial charge >= 0.3 is 0 Å². The predicted octanol–water partition coefficient (Wildman–Crippen LogP) is -0.0795. The van der Waals surface area contributed by atoms with Gasteiger partial charge in [-0.3, -0.25) is 4.48 Å². The number of hydrogen-bond acceptors (Lipinski definition) is 1. The summed E-state index contributed by atoms with van der Waals surface area (Å²) in [6.07, 6.45) is 11.4. The van der Waals surface area contributed by atoms with Crippen LogP contribution >= 0.6 is 0 Å². The molecule has 0 aromatic rings. The Kier molecular flexibility index (Phi) is 7.11. The van der Waals surface area contributed by atoms with Crippen LogP contribution in [0.25, 0.3) is 0 Å². The lowest BCUT2D eigenvalue weighted by Crippen LogP contribution is -3.00. The van der Waals surface area contributed by atoms with Crippen LogP contribution in [0.15, 0.2) is 17.4 Å². The van der Waals surface area contributed by atoms with Gasteiger partial charge in [0.15, 0.2) is 6.34 Å². The maximum atomic E-state index is 4.21. The quantitative estimate of drug-likeness (QED) is 0.593. The molecule has 1 aliphatic rings. The van der Waals surface area contributed by atoms with Gasteiger partial charge < -0.3 is 17.0 Å². The fourth-order valence-corrected chi connectivity index (χ4v) is 1.66. The first-order valence-corrected chi connectivity index (χ1v) is 5.41. The van der Waals surface area contributed by atoms with Crippen molar-refractivity contribution in [3.05, 3.63) is 12.4 Å². The number of rotatable bonds is 6. The van der Waals surface area contributed by atoms with Gasteiger partial charge in [0.25, 0.3) is 0 Å². The van der Waals surface area contributed by atoms with Crippen molar-refractivity contribution < 1.29 is 21.5 Å². The summed E-state index contributed by atoms with van der Waals surface area (Å²) in [4.78, 5) is 4.21. The highest BCUT2D eigenvalue weighted by atomic mass is 79.9. The first kappa shape index (κ1) is 13.8. The fourth-order valence-electron chi connectivity index (χ4n) is 1.66. The molecule has 1 aliphatic heterocycles. The van der Waals surface area contributed by atoms with Crippen molar-refractivity contribution in [3.63, 3.8) is 0 Å². The van der Waals surface area contributed by atoms with E-state index in [1.165, 1.54) is 38.8 Å². The molecule has 0 saturated heterocycles. The highest BCUT2D eigenvalue weighted by molar-refractivity contribution is 5.50. The van der Waals surface area contributed by atoms with Crippen LogP contribution in [0.2, 0.25) is 0 Å². The zero-order valence-corrected chi connectivity index (χ0v) is 10.8. The van der Waals surface area contributed by atoms with Gasteiger partial charge in [-0.2, -0.15) is 0 Å². The van der Waals surface area contributed by atoms with Gasteiger partial charge in [0.2, 0.25) is 0 Å². The summed E-state index contributed by atoms with van der Waals surface area (Å²) in [5, 5.41) is 0. The molecule has 1 rings (SSSR count). The molecule has 3 heteroatoms. The molecule has 0 aliphatic carbocycles. The van der Waals surface area contributed by atoms with E-state index in [-0.39, 0.29) is 17.0 Å². The van der Waals surface area contributed by atoms with Crippen LogP contribution in [0.1, 0.15) is 39.5 Å². The van der Waals surface area contributed by atoms with Crippen molar-refractivity contribution in [3.8, 4) is 0 Å². The van der Waals surface area contributed by atoms with Gasteiger partial charge in [0.1, 0.15) is 6.20 Å². The number of nitrogens with zero attached hydrogens (tertiary/aromatic N) is 2. The van der Waals surface area contributed by atoms with Crippen molar-refractivity contribution in [2.45, 2.75) is 39.5 Å². The van der Waals surface area contributed by atoms with Crippen LogP contribution in [0, 0.1) is 0 Å². The Morgan fingerprint density at radius 3 is 2.00 bits per heavy atom. The molecule has 0 bridgehead atoms. The lowest BCUT2D eigenvalue weighted by Gasteiger charge is -2.27. The van der Waals surface area contributed by atoms with Gasteiger partial charge in [-0.15, -0.1) is 0 Å². The first-order chi connectivity index (χ1) is 6.33. The monoisotopic (exact) mass is 260 g/mol. The topological polar surface area (TPSA) is 12.4 Å². The minimum absolute atomic E-state index is 0. The SMILES string of the molecule is CCCC[N+]1(CCCC)C=CN=C1.[Br-]. The smallest absolute Gasteiger partial charge is 0.194 e. The highest BCUT2D eigenvalue weighted by Crippen LogP contribution is 2.14. The molecule has 0 unspecified atom stereocenters. The van der Waals surface area contributed by atoms with Gasteiger partial charge in [-0.1, -0.05) is 26.7 Å². The van der Waals surface area contributed by atoms with E-state index >= 15 is 0 Å². The summed E-state index contributed by atoms with van der Waals surface area (Å²) in [5.41, 5.74) is 0. The van der Waals surface area contributed by atoms with Crippen molar-refractivity contribution in [2.24, 2.45) is 4.99 Å². The fraction of sp³-hybridized carbons (Fsp3) is 0.727. The minimum Gasteiger partial charge on any atom is -1.00 e. The molecule has 0 atom stereocenters. The Bertz CT molecular complexity index is 177. The Labute approximate surface area is 98.1 Å². The third kappa shape index (κ3) is 3.93. The summed E-state index contributed by atoms with van der Waals surface area (Å²) in [7, 11) is 0. The summed E-state index contributed by atoms with van der Waals surface area (Å²) in [6, 6.07) is 0. The van der Waals surface area contributed by atoms with Crippen molar-refractivity contribution in [1.82, 2.24) is 0 Å². The largest absolute Gasteiger partial charge is 1.00 e. The number of quaternary nitrogens is 1. The van der Waals surface area contributed by atoms with Crippen molar-refractivity contribution in [2.75, 3.05) is 13.1 Å². The lowest BCUT2D eigenvalue weighted by molar-refractivity contribution is -0.780. The number of halogens is 1. The Hall–Kier alpha value is -0.150. The maximum absolute atomic E-state index is 4.21. The number of hydrogen-bond donors (Lipinski definition) is 0. The molecular formula is C11H21BrN2. The first-order valence-electron chi connectivity index (χ1n) is 5.41. The molecule has 14 heavy (non-hydrogen) atoms. The maximum Gasteiger partial charge on any atom is 0.194 e. The van der Waals surface area contributed by atoms with Crippen LogP contribution in [0.3, 0.4) is 0 Å². The zero-order chi connectivity index (χ0) is 9.57. The van der Waals surface area contributed by atoms with E-state index in [9.17, 15) is 0 Å². The standard InChI is InChI=1S/C11H21N2.BrH/c1-3-5-8-13(9-6-4-2)10-7-12-11-13;/h7,10-11H,3-6,8-9H2,1-2H3;1H/q+1;/p-1. The zero-order valence-electron chi connectivity index (χ0n) is 9.25. The van der Waals surface area contributed by atoms with Crippen molar-refractivity contribution >= 4 is 6.34 Å². The summed E-state index contributed by atoms with van der Waals surface area (Å²) >= 11 is 0. The second-order valence-electron chi connectivity index (χ2n) is 3.82. The second-order valence-corrected chi connectivity index (χ2v) is 3.82. The molecule has 0 aromatic heterocycles. The molecular weight excluding hydrogens is 240 g/mol. The van der Waals surface area contributed by atoms with Crippen LogP contribution in [0.4, 0.5) is 0 Å². The second kappa shape index (κ2) is 7.18. The van der Waals surface area contributed by atoms with E-state index in [1.54, 1.807) is 0 Å². The molecule has 1 heterocycles. The van der Waals surface area contributed by atoms with E-state index < -0.39 is 0 Å². The minimum atomic E-state index is 0. The van der Waals surface area contributed by atoms with Crippen LogP contribution in [0.5, 0.6) is 0 Å². The molecule has 0 saturated carbocycles. The van der Waals surface area contributed by atoms with Crippen LogP contribution < -0.4 is 17.0 Å². The molecule has 0 fully saturated rings. The molecule has 0 amide bonds. The average molecular weight is 261 g/mol. The normalized spacial score (nSPS) is 17.0. The predicted molar refractivity (Wildman–Crippen MR) is 57.4 cm³/mol. The third-order valence-corrected chi connectivity index (χ3v) is 2.60. The van der Waals surface area contributed by atoms with Gasteiger partial charge in [0, 0.05) is 0 Å². The number of aliphatic imine (C=N–C) groups is 1. The van der Waals surface area contributed by atoms with Gasteiger partial charge in [0.05, 0.1) is 19.3 Å². The summed E-state index contributed by atoms with van der Waals surface area (Å²) in [5.74, 6) is 0. The van der Waals surface area contributed by atoms with Gasteiger partial charge in [-0.25, -0.2) is 4.99 Å².